The van der Waals surface area contributed by atoms with E-state index >= 15 is 0 Å². The summed E-state index contributed by atoms with van der Waals surface area (Å²) in [6.45, 7) is 5.93. The number of aryl methyl sites for hydroxylation is 1. The number of amides is 1. The molecule has 2 aromatic carbocycles. The number of carbonyl (C=O) groups is 1. The summed E-state index contributed by atoms with van der Waals surface area (Å²) >= 11 is 0. The molecule has 0 saturated carbocycles. The van der Waals surface area contributed by atoms with Crippen LogP contribution in [0.1, 0.15) is 37.5 Å². The Kier molecular flexibility index (Phi) is 7.01. The molecule has 0 unspecified atom stereocenters. The zero-order valence-corrected chi connectivity index (χ0v) is 16.1. The monoisotopic (exact) mass is 364 g/mol. The van der Waals surface area contributed by atoms with Crippen LogP contribution < -0.4 is 14.8 Å². The minimum atomic E-state index is -0.129. The summed E-state index contributed by atoms with van der Waals surface area (Å²) < 4.78 is 11.0. The molecule has 0 fully saturated rings. The van der Waals surface area contributed by atoms with Crippen molar-refractivity contribution in [1.82, 2.24) is 0 Å². The van der Waals surface area contributed by atoms with Gasteiger partial charge in [-0.3, -0.25) is 4.79 Å². The quantitative estimate of drug-likeness (QED) is 0.731. The number of carbonyl (C=O) groups excluding carboxylic acids is 1. The summed E-state index contributed by atoms with van der Waals surface area (Å²) in [6, 6.07) is 13.5. The van der Waals surface area contributed by atoms with Crippen LogP contribution in [0.5, 0.6) is 11.5 Å². The van der Waals surface area contributed by atoms with E-state index in [1.54, 1.807) is 7.11 Å². The predicted octanol–water partition coefficient (Wildman–Crippen LogP) is 4.57. The van der Waals surface area contributed by atoms with Crippen molar-refractivity contribution in [2.45, 2.75) is 27.2 Å². The molecule has 0 heterocycles. The Morgan fingerprint density at radius 3 is 2.44 bits per heavy atom. The van der Waals surface area contributed by atoms with E-state index in [0.29, 0.717) is 18.1 Å². The van der Waals surface area contributed by atoms with E-state index in [9.17, 15) is 10.1 Å². The smallest absolute Gasteiger partial charge is 0.221 e. The van der Waals surface area contributed by atoms with Crippen molar-refractivity contribution in [1.29, 1.82) is 5.26 Å². The molecule has 0 bridgehead atoms. The van der Waals surface area contributed by atoms with Crippen molar-refractivity contribution < 1.29 is 14.3 Å². The first-order chi connectivity index (χ1) is 13.0. The third-order valence-electron chi connectivity index (χ3n) is 4.10. The Morgan fingerprint density at radius 1 is 1.15 bits per heavy atom. The number of methoxy groups -OCH3 is 1. The van der Waals surface area contributed by atoms with Crippen molar-refractivity contribution in [3.05, 3.63) is 59.2 Å². The average molecular weight is 364 g/mol. The molecule has 2 aromatic rings. The fraction of sp³-hybridized carbons (Fsp3) is 0.273. The summed E-state index contributed by atoms with van der Waals surface area (Å²) in [7, 11) is 1.59. The van der Waals surface area contributed by atoms with Crippen LogP contribution in [0.3, 0.4) is 0 Å². The summed E-state index contributed by atoms with van der Waals surface area (Å²) in [6.07, 6.45) is 2.29. The highest BCUT2D eigenvalue weighted by molar-refractivity contribution is 5.91. The van der Waals surface area contributed by atoms with E-state index in [2.05, 4.69) is 11.4 Å². The number of hydrogen-bond acceptors (Lipinski definition) is 4. The maximum absolute atomic E-state index is 11.5. The second-order valence-corrected chi connectivity index (χ2v) is 5.89. The Hall–Kier alpha value is -3.26. The zero-order chi connectivity index (χ0) is 19.8. The molecule has 27 heavy (non-hydrogen) atoms. The van der Waals surface area contributed by atoms with Crippen LogP contribution in [0, 0.1) is 11.3 Å². The predicted molar refractivity (Wildman–Crippen MR) is 107 cm³/mol. The second kappa shape index (κ2) is 9.44. The molecule has 1 amide bonds. The molecule has 0 saturated heterocycles. The average Bonchev–Trinajstić information content (AvgIpc) is 2.66. The maximum atomic E-state index is 11.5. The Bertz CT molecular complexity index is 895. The molecule has 0 radical (unpaired) electrons. The first-order valence-corrected chi connectivity index (χ1v) is 8.85. The fourth-order valence-electron chi connectivity index (χ4n) is 2.87. The molecule has 1 N–H and O–H groups in total. The van der Waals surface area contributed by atoms with Gasteiger partial charge >= 0.3 is 0 Å². The van der Waals surface area contributed by atoms with Gasteiger partial charge in [-0.05, 0) is 53.8 Å². The molecular formula is C22H24N2O3. The number of nitrogens with zero attached hydrogens (tertiary/aromatic N) is 1. The summed E-state index contributed by atoms with van der Waals surface area (Å²) in [4.78, 5) is 11.5. The van der Waals surface area contributed by atoms with Crippen molar-refractivity contribution in [2.24, 2.45) is 0 Å². The lowest BCUT2D eigenvalue weighted by Gasteiger charge is -2.15. The van der Waals surface area contributed by atoms with Crippen LogP contribution >= 0.6 is 0 Å². The molecular weight excluding hydrogens is 340 g/mol. The van der Waals surface area contributed by atoms with E-state index in [-0.39, 0.29) is 5.91 Å². The minimum Gasteiger partial charge on any atom is -0.493 e. The van der Waals surface area contributed by atoms with Gasteiger partial charge in [0.25, 0.3) is 0 Å². The van der Waals surface area contributed by atoms with Crippen LogP contribution in [-0.4, -0.2) is 19.6 Å². The maximum Gasteiger partial charge on any atom is 0.221 e. The molecule has 0 atom stereocenters. The molecule has 0 aliphatic heterocycles. The van der Waals surface area contributed by atoms with E-state index in [4.69, 9.17) is 9.47 Å². The topological polar surface area (TPSA) is 71.3 Å². The van der Waals surface area contributed by atoms with Crippen LogP contribution in [-0.2, 0) is 11.2 Å². The SMILES string of the molecule is CCOc1cc(/C(=C/C#N)c2ccc(CC)c(NC(C)=O)c2)ccc1OC. The van der Waals surface area contributed by atoms with Crippen molar-refractivity contribution in [2.75, 3.05) is 19.0 Å². The lowest BCUT2D eigenvalue weighted by atomic mass is 9.95. The van der Waals surface area contributed by atoms with Gasteiger partial charge in [-0.25, -0.2) is 0 Å². The zero-order valence-electron chi connectivity index (χ0n) is 16.1. The largest absolute Gasteiger partial charge is 0.493 e. The van der Waals surface area contributed by atoms with Gasteiger partial charge in [-0.15, -0.1) is 0 Å². The van der Waals surface area contributed by atoms with E-state index in [0.717, 1.165) is 34.4 Å². The molecule has 5 heteroatoms. The molecule has 2 rings (SSSR count). The van der Waals surface area contributed by atoms with Crippen LogP contribution in [0.15, 0.2) is 42.5 Å². The molecule has 5 nitrogen and oxygen atoms in total. The van der Waals surface area contributed by atoms with Gasteiger partial charge in [-0.2, -0.15) is 5.26 Å². The van der Waals surface area contributed by atoms with E-state index in [1.165, 1.54) is 13.0 Å². The van der Waals surface area contributed by atoms with Gasteiger partial charge in [0.05, 0.1) is 19.8 Å². The molecule has 0 aromatic heterocycles. The molecule has 0 aliphatic rings. The van der Waals surface area contributed by atoms with Gasteiger partial charge < -0.3 is 14.8 Å². The number of anilines is 1. The Morgan fingerprint density at radius 2 is 1.85 bits per heavy atom. The number of nitriles is 1. The van der Waals surface area contributed by atoms with Crippen molar-refractivity contribution >= 4 is 17.2 Å². The summed E-state index contributed by atoms with van der Waals surface area (Å²) in [5.41, 5.74) is 4.21. The lowest BCUT2D eigenvalue weighted by Crippen LogP contribution is -2.08. The standard InChI is InChI=1S/C22H24N2O3/c1-5-16-7-8-17(13-20(16)24-15(3)25)19(11-12-23)18-9-10-21(26-4)22(14-18)27-6-2/h7-11,13-14H,5-6H2,1-4H3,(H,24,25)/b19-11+. The van der Waals surface area contributed by atoms with Crippen molar-refractivity contribution in [3.63, 3.8) is 0 Å². The highest BCUT2D eigenvalue weighted by Gasteiger charge is 2.13. The number of nitrogens with one attached hydrogen (secondary N) is 1. The highest BCUT2D eigenvalue weighted by Crippen LogP contribution is 2.34. The third kappa shape index (κ3) is 4.89. The molecule has 0 spiro atoms. The van der Waals surface area contributed by atoms with Gasteiger partial charge in [0.2, 0.25) is 5.91 Å². The number of rotatable bonds is 7. The van der Waals surface area contributed by atoms with Crippen LogP contribution in [0.4, 0.5) is 5.69 Å². The van der Waals surface area contributed by atoms with Gasteiger partial charge in [0.15, 0.2) is 11.5 Å². The summed E-state index contributed by atoms with van der Waals surface area (Å²) in [5.74, 6) is 1.13. The Balaban J connectivity index is 2.56. The normalized spacial score (nSPS) is 10.9. The minimum absolute atomic E-state index is 0.129. The van der Waals surface area contributed by atoms with Gasteiger partial charge in [-0.1, -0.05) is 25.1 Å². The first kappa shape index (κ1) is 20.1. The fourth-order valence-corrected chi connectivity index (χ4v) is 2.87. The third-order valence-corrected chi connectivity index (χ3v) is 4.10. The highest BCUT2D eigenvalue weighted by atomic mass is 16.5. The number of hydrogen-bond donors (Lipinski definition) is 1. The molecule has 0 aliphatic carbocycles. The second-order valence-electron chi connectivity index (χ2n) is 5.89. The van der Waals surface area contributed by atoms with E-state index in [1.807, 2.05) is 50.2 Å². The molecule has 140 valence electrons. The van der Waals surface area contributed by atoms with Gasteiger partial charge in [0, 0.05) is 18.7 Å². The summed E-state index contributed by atoms with van der Waals surface area (Å²) in [5, 5.41) is 12.2. The Labute approximate surface area is 160 Å². The van der Waals surface area contributed by atoms with Crippen LogP contribution in [0.2, 0.25) is 0 Å². The van der Waals surface area contributed by atoms with Crippen molar-refractivity contribution in [3.8, 4) is 17.6 Å². The number of ether oxygens (including phenoxy) is 2. The van der Waals surface area contributed by atoms with E-state index < -0.39 is 0 Å². The lowest BCUT2D eigenvalue weighted by molar-refractivity contribution is -0.114. The van der Waals surface area contributed by atoms with Crippen LogP contribution in [0.25, 0.3) is 5.57 Å². The number of allylic oxidation sites excluding steroid dienone is 1. The first-order valence-electron chi connectivity index (χ1n) is 8.85. The number of benzene rings is 2. The van der Waals surface area contributed by atoms with Gasteiger partial charge in [0.1, 0.15) is 0 Å².